The highest BCUT2D eigenvalue weighted by Gasteiger charge is 2.55. The Kier molecular flexibility index (Phi) is 7.69. The zero-order chi connectivity index (χ0) is 30.5. The third kappa shape index (κ3) is 5.19. The highest BCUT2D eigenvalue weighted by molar-refractivity contribution is 8.00. The van der Waals surface area contributed by atoms with Gasteiger partial charge in [0.1, 0.15) is 38.2 Å². The largest absolute Gasteiger partial charge is 0.478 e. The highest BCUT2D eigenvalue weighted by atomic mass is 35.5. The summed E-state index contributed by atoms with van der Waals surface area (Å²) in [6.07, 6.45) is 2.12. The van der Waals surface area contributed by atoms with Gasteiger partial charge >= 0.3 is 11.9 Å². The first-order valence-electron chi connectivity index (χ1n) is 12.1. The van der Waals surface area contributed by atoms with Gasteiger partial charge in [-0.2, -0.15) is 4.57 Å². The summed E-state index contributed by atoms with van der Waals surface area (Å²) in [5.74, 6) is -3.63. The van der Waals surface area contributed by atoms with Crippen molar-refractivity contribution in [3.8, 4) is 0 Å². The molecular formula is C23H23ClN9O7S2+. The van der Waals surface area contributed by atoms with Crippen molar-refractivity contribution >= 4 is 86.3 Å². The summed E-state index contributed by atoms with van der Waals surface area (Å²) in [6.45, 7) is 1.38. The lowest BCUT2D eigenvalue weighted by Gasteiger charge is -2.49. The number of halogens is 1. The molecule has 19 heteroatoms. The Balaban J connectivity index is 1.38. The van der Waals surface area contributed by atoms with Crippen molar-refractivity contribution in [2.45, 2.75) is 31.0 Å². The van der Waals surface area contributed by atoms with Crippen LogP contribution in [-0.4, -0.2) is 82.4 Å². The van der Waals surface area contributed by atoms with Crippen LogP contribution < -0.4 is 21.4 Å². The predicted octanol–water partition coefficient (Wildman–Crippen LogP) is -0.232. The van der Waals surface area contributed by atoms with E-state index in [1.54, 1.807) is 34.6 Å². The number of carbonyl (C=O) groups is 4. The number of thioether (sulfide) groups is 1. The third-order valence-corrected chi connectivity index (χ3v) is 8.94. The molecule has 42 heavy (non-hydrogen) atoms. The van der Waals surface area contributed by atoms with Crippen LogP contribution in [0.2, 0.25) is 4.34 Å². The number of amides is 2. The number of nitrogens with zero attached hydrogens (tertiary/aromatic N) is 6. The summed E-state index contributed by atoms with van der Waals surface area (Å²) in [7, 11) is 1.76. The Morgan fingerprint density at radius 2 is 2.07 bits per heavy atom. The van der Waals surface area contributed by atoms with Crippen molar-refractivity contribution in [1.29, 1.82) is 0 Å². The molecule has 0 spiro atoms. The van der Waals surface area contributed by atoms with Crippen molar-refractivity contribution in [3.63, 3.8) is 0 Å². The van der Waals surface area contributed by atoms with Crippen LogP contribution in [0.1, 0.15) is 12.6 Å². The number of imidazole rings is 1. The Morgan fingerprint density at radius 3 is 2.71 bits per heavy atom. The lowest BCUT2D eigenvalue weighted by atomic mass is 10.0. The molecule has 220 valence electrons. The minimum absolute atomic E-state index is 0.00758. The minimum Gasteiger partial charge on any atom is -0.478 e. The molecule has 0 bridgehead atoms. The molecular weight excluding hydrogens is 614 g/mol. The van der Waals surface area contributed by atoms with Crippen molar-refractivity contribution in [2.24, 2.45) is 12.2 Å². The van der Waals surface area contributed by atoms with Gasteiger partial charge in [0, 0.05) is 24.4 Å². The van der Waals surface area contributed by atoms with Crippen LogP contribution in [0.4, 0.5) is 11.1 Å². The van der Waals surface area contributed by atoms with Crippen LogP contribution in [-0.2, 0) is 37.6 Å². The van der Waals surface area contributed by atoms with Gasteiger partial charge < -0.3 is 36.4 Å². The molecule has 7 N–H and O–H groups in total. The SMILES string of the molecule is C[C@H](ON=C(C(=O)N[C@@H]1C(=O)N2C(C(=O)O)=C(C[n+]3ccc4nc(N)n(C)c4c3)CSC12)c1nc(N)sc1Cl)C(=O)O. The fraction of sp³-hybridized carbons (Fsp3) is 0.304. The van der Waals surface area contributed by atoms with Crippen LogP contribution >= 0.6 is 34.7 Å². The lowest BCUT2D eigenvalue weighted by Crippen LogP contribution is -2.71. The molecule has 16 nitrogen and oxygen atoms in total. The Hall–Kier alpha value is -4.42. The number of oxime groups is 1. The molecule has 0 radical (unpaired) electrons. The maximum atomic E-state index is 13.2. The van der Waals surface area contributed by atoms with Crippen molar-refractivity contribution in [3.05, 3.63) is 39.8 Å². The summed E-state index contributed by atoms with van der Waals surface area (Å²) in [5.41, 5.74) is 12.7. The van der Waals surface area contributed by atoms with Crippen molar-refractivity contribution in [1.82, 2.24) is 24.8 Å². The van der Waals surface area contributed by atoms with E-state index in [2.05, 4.69) is 20.4 Å². The molecule has 3 atom stereocenters. The monoisotopic (exact) mass is 636 g/mol. The van der Waals surface area contributed by atoms with Gasteiger partial charge in [-0.15, -0.1) is 11.8 Å². The number of carbonyl (C=O) groups excluding carboxylic acids is 2. The number of anilines is 2. The van der Waals surface area contributed by atoms with Crippen LogP contribution in [0, 0.1) is 0 Å². The van der Waals surface area contributed by atoms with Crippen molar-refractivity contribution in [2.75, 3.05) is 17.2 Å². The van der Waals surface area contributed by atoms with Crippen LogP contribution in [0.25, 0.3) is 11.0 Å². The van der Waals surface area contributed by atoms with E-state index >= 15 is 0 Å². The zero-order valence-electron chi connectivity index (χ0n) is 21.8. The number of thiazole rings is 1. The second kappa shape index (κ2) is 11.1. The fourth-order valence-corrected chi connectivity index (χ4v) is 6.62. The first kappa shape index (κ1) is 29.1. The van der Waals surface area contributed by atoms with E-state index in [4.69, 9.17) is 33.0 Å². The number of pyridine rings is 1. The second-order valence-electron chi connectivity index (χ2n) is 9.24. The molecule has 5 rings (SSSR count). The molecule has 1 unspecified atom stereocenters. The maximum absolute atomic E-state index is 13.2. The van der Waals surface area contributed by atoms with Crippen LogP contribution in [0.3, 0.4) is 0 Å². The lowest BCUT2D eigenvalue weighted by molar-refractivity contribution is -0.687. The first-order chi connectivity index (χ1) is 19.9. The number of nitrogen functional groups attached to an aromatic ring is 2. The molecule has 2 aliphatic rings. The fourth-order valence-electron chi connectivity index (χ4n) is 4.36. The number of hydrogen-bond donors (Lipinski definition) is 5. The van der Waals surface area contributed by atoms with Crippen LogP contribution in [0.15, 0.2) is 34.9 Å². The molecule has 2 amide bonds. The average Bonchev–Trinajstić information content (AvgIpc) is 3.42. The Labute approximate surface area is 249 Å². The summed E-state index contributed by atoms with van der Waals surface area (Å²) in [5, 5.41) is 24.6. The van der Waals surface area contributed by atoms with E-state index in [0.717, 1.165) is 21.8 Å². The van der Waals surface area contributed by atoms with E-state index in [0.29, 0.717) is 17.0 Å². The van der Waals surface area contributed by atoms with Crippen LogP contribution in [0.5, 0.6) is 0 Å². The topological polar surface area (TPSA) is 232 Å². The maximum Gasteiger partial charge on any atom is 0.352 e. The van der Waals surface area contributed by atoms with Crippen molar-refractivity contribution < 1.29 is 38.8 Å². The molecule has 0 saturated carbocycles. The number of aryl methyl sites for hydroxylation is 1. The number of carboxylic acid groups (broad SMARTS) is 2. The molecule has 1 saturated heterocycles. The molecule has 0 aliphatic carbocycles. The first-order valence-corrected chi connectivity index (χ1v) is 14.3. The predicted molar refractivity (Wildman–Crippen MR) is 151 cm³/mol. The number of fused-ring (bicyclic) bond motifs is 2. The normalized spacial score (nSPS) is 19.4. The van der Waals surface area contributed by atoms with Gasteiger partial charge in [-0.3, -0.25) is 14.5 Å². The van der Waals surface area contributed by atoms with Gasteiger partial charge in [-0.1, -0.05) is 28.1 Å². The number of rotatable bonds is 9. The average molecular weight is 637 g/mol. The van der Waals surface area contributed by atoms with Gasteiger partial charge in [0.25, 0.3) is 11.8 Å². The number of aliphatic carboxylic acids is 2. The van der Waals surface area contributed by atoms with E-state index in [9.17, 15) is 24.3 Å². The second-order valence-corrected chi connectivity index (χ2v) is 12.0. The summed E-state index contributed by atoms with van der Waals surface area (Å²) < 4.78 is 3.47. The van der Waals surface area contributed by atoms with Gasteiger partial charge in [0.2, 0.25) is 12.1 Å². The minimum atomic E-state index is -1.41. The summed E-state index contributed by atoms with van der Waals surface area (Å²) in [4.78, 5) is 64.2. The number of carboxylic acids is 2. The van der Waals surface area contributed by atoms with E-state index < -0.39 is 47.0 Å². The Bertz CT molecular complexity index is 1720. The molecule has 1 fully saturated rings. The number of nitrogens with two attached hydrogens (primary N) is 2. The summed E-state index contributed by atoms with van der Waals surface area (Å²) in [6, 6.07) is 0.644. The number of hydrogen-bond acceptors (Lipinski definition) is 12. The van der Waals surface area contributed by atoms with E-state index in [-0.39, 0.29) is 33.2 Å². The number of nitrogens with one attached hydrogen (secondary N) is 1. The number of β-lactam (4-membered cyclic amide) rings is 1. The molecule has 3 aromatic rings. The molecule has 5 heterocycles. The van der Waals surface area contributed by atoms with Gasteiger partial charge in [-0.05, 0) is 6.92 Å². The highest BCUT2D eigenvalue weighted by Crippen LogP contribution is 2.40. The standard InChI is InChI=1S/C23H22ClN9O7S2/c1-8(20(36)37)40-30-13(12-16(24)42-23(26)29-12)17(34)28-14-18(35)33-15(21(38)39)9(7-41-19(14)33)5-32-4-3-10-11(6-32)31(2)22(25)27-10/h3-4,6,8,14,19,25H,5,7H2,1-2H3,(H5,26,28,29,34,36,37,38,39)/p+1/t8-,14+,19?/m0/s1. The molecule has 3 aromatic heterocycles. The van der Waals surface area contributed by atoms with E-state index in [1.807, 2.05) is 0 Å². The van der Waals surface area contributed by atoms with Gasteiger partial charge in [-0.25, -0.2) is 19.6 Å². The quantitative estimate of drug-likeness (QED) is 0.0887. The van der Waals surface area contributed by atoms with Gasteiger partial charge in [0.15, 0.2) is 29.8 Å². The smallest absolute Gasteiger partial charge is 0.352 e. The third-order valence-electron chi connectivity index (χ3n) is 6.52. The van der Waals surface area contributed by atoms with Gasteiger partial charge in [0.05, 0.1) is 0 Å². The zero-order valence-corrected chi connectivity index (χ0v) is 24.2. The molecule has 0 aromatic carbocycles. The van der Waals surface area contributed by atoms with E-state index in [1.165, 1.54) is 18.7 Å². The Morgan fingerprint density at radius 1 is 1.33 bits per heavy atom. The number of aromatic nitrogens is 4. The summed E-state index contributed by atoms with van der Waals surface area (Å²) >= 11 is 8.27. The molecule has 2 aliphatic heterocycles.